The van der Waals surface area contributed by atoms with E-state index in [1.165, 1.54) is 27.3 Å². The molecule has 0 unspecified atom stereocenters. The van der Waals surface area contributed by atoms with Gasteiger partial charge in [-0.3, -0.25) is 0 Å². The summed E-state index contributed by atoms with van der Waals surface area (Å²) in [4.78, 5) is 15.7. The van der Waals surface area contributed by atoms with Gasteiger partial charge in [0.25, 0.3) is 0 Å². The molecule has 0 saturated carbocycles. The molecule has 5 heteroatoms. The third-order valence-corrected chi connectivity index (χ3v) is 12.2. The number of fused-ring (bicyclic) bond motifs is 5. The Morgan fingerprint density at radius 1 is 0.266 bits per heavy atom. The quantitative estimate of drug-likeness (QED) is 0.153. The van der Waals surface area contributed by atoms with E-state index < -0.39 is 0 Å². The fraction of sp³-hybridized carbons (Fsp3) is 0. The predicted molar refractivity (Wildman–Crippen MR) is 264 cm³/mol. The van der Waals surface area contributed by atoms with E-state index in [-0.39, 0.29) is 0 Å². The van der Waals surface area contributed by atoms with Crippen molar-refractivity contribution in [3.05, 3.63) is 237 Å². The smallest absolute Gasteiger partial charge is 0.164 e. The van der Waals surface area contributed by atoms with E-state index in [9.17, 15) is 0 Å². The maximum absolute atomic E-state index is 5.24. The van der Waals surface area contributed by atoms with Crippen molar-refractivity contribution in [3.63, 3.8) is 0 Å². The molecule has 0 radical (unpaired) electrons. The largest absolute Gasteiger partial charge is 0.316 e. The number of aromatic nitrogens is 5. The monoisotopic (exact) mass is 817 g/mol. The lowest BCUT2D eigenvalue weighted by Crippen LogP contribution is -2.01. The van der Waals surface area contributed by atoms with Crippen LogP contribution in [0.25, 0.3) is 112 Å². The fourth-order valence-electron chi connectivity index (χ4n) is 9.12. The second kappa shape index (κ2) is 15.7. The molecule has 64 heavy (non-hydrogen) atoms. The van der Waals surface area contributed by atoms with Gasteiger partial charge in [0.05, 0.1) is 16.6 Å². The highest BCUT2D eigenvalue weighted by Gasteiger charge is 2.19. The maximum Gasteiger partial charge on any atom is 0.164 e. The molecular formula is C59H39N5. The second-order valence-corrected chi connectivity index (χ2v) is 16.1. The van der Waals surface area contributed by atoms with Crippen LogP contribution in [0.15, 0.2) is 237 Å². The van der Waals surface area contributed by atoms with Gasteiger partial charge < -0.3 is 9.13 Å². The van der Waals surface area contributed by atoms with Crippen LogP contribution in [0.3, 0.4) is 0 Å². The Bertz CT molecular complexity index is 3560. The van der Waals surface area contributed by atoms with E-state index in [1.54, 1.807) is 0 Å². The van der Waals surface area contributed by atoms with Crippen LogP contribution in [0.2, 0.25) is 0 Å². The molecule has 12 aromatic rings. The highest BCUT2D eigenvalue weighted by molar-refractivity contribution is 6.18. The minimum atomic E-state index is 0.604. The molecule has 0 aliphatic rings. The Morgan fingerprint density at radius 3 is 1.28 bits per heavy atom. The van der Waals surface area contributed by atoms with Crippen molar-refractivity contribution in [2.24, 2.45) is 0 Å². The first-order valence-electron chi connectivity index (χ1n) is 21.6. The first kappa shape index (κ1) is 37.1. The summed E-state index contributed by atoms with van der Waals surface area (Å²) >= 11 is 0. The molecule has 0 amide bonds. The van der Waals surface area contributed by atoms with Gasteiger partial charge in [-0.1, -0.05) is 176 Å². The number of para-hydroxylation sites is 1. The van der Waals surface area contributed by atoms with Gasteiger partial charge in [-0.15, -0.1) is 0 Å². The summed E-state index contributed by atoms with van der Waals surface area (Å²) in [5.74, 6) is 1.83. The molecule has 0 N–H and O–H groups in total. The van der Waals surface area contributed by atoms with Gasteiger partial charge >= 0.3 is 0 Å². The van der Waals surface area contributed by atoms with Gasteiger partial charge in [-0.05, 0) is 88.0 Å². The lowest BCUT2D eigenvalue weighted by molar-refractivity contribution is 1.07. The van der Waals surface area contributed by atoms with E-state index in [2.05, 4.69) is 234 Å². The molecule has 0 spiro atoms. The standard InChI is InChI=1S/C59H39N5/c1-4-16-40(17-5-1)43-22-12-25-46(36-43)57-60-58(47-26-13-23-44(37-47)41-18-6-2-7-19-41)62-59(61-57)48-27-15-29-50(39-48)64-55-31-11-10-30-51(55)52-32-33-54-53(56(52)64)34-35-63(54)49-28-14-24-45(38-49)42-20-8-3-9-21-42/h1-39H. The molecule has 12 rings (SSSR count). The molecule has 0 fully saturated rings. The van der Waals surface area contributed by atoms with Crippen LogP contribution in [-0.2, 0) is 0 Å². The van der Waals surface area contributed by atoms with Crippen LogP contribution in [-0.4, -0.2) is 24.1 Å². The van der Waals surface area contributed by atoms with Gasteiger partial charge in [0.15, 0.2) is 17.5 Å². The Morgan fingerprint density at radius 2 is 0.703 bits per heavy atom. The first-order valence-corrected chi connectivity index (χ1v) is 21.6. The van der Waals surface area contributed by atoms with Crippen molar-refractivity contribution in [2.75, 3.05) is 0 Å². The van der Waals surface area contributed by atoms with Crippen molar-refractivity contribution in [3.8, 4) is 78.9 Å². The molecule has 5 nitrogen and oxygen atoms in total. The van der Waals surface area contributed by atoms with Crippen molar-refractivity contribution < 1.29 is 0 Å². The SMILES string of the molecule is c1ccc(-c2cccc(-c3nc(-c4cccc(-c5ccccc5)c4)nc(-c4cccc(-n5c6ccccc6c6ccc7c(ccn7-c7cccc(-c8ccccc8)c7)c65)c4)n3)c2)cc1. The molecule has 3 aromatic heterocycles. The van der Waals surface area contributed by atoms with Gasteiger partial charge in [0, 0.05) is 50.4 Å². The average molecular weight is 818 g/mol. The van der Waals surface area contributed by atoms with Gasteiger partial charge in [-0.25, -0.2) is 15.0 Å². The Labute approximate surface area is 370 Å². The van der Waals surface area contributed by atoms with E-state index in [0.717, 1.165) is 66.9 Å². The van der Waals surface area contributed by atoms with Crippen LogP contribution >= 0.6 is 0 Å². The molecule has 0 aliphatic carbocycles. The number of benzene rings is 9. The normalized spacial score (nSPS) is 11.4. The summed E-state index contributed by atoms with van der Waals surface area (Å²) < 4.78 is 4.70. The maximum atomic E-state index is 5.24. The van der Waals surface area contributed by atoms with Gasteiger partial charge in [0.1, 0.15) is 0 Å². The predicted octanol–water partition coefficient (Wildman–Crippen LogP) is 14.9. The summed E-state index contributed by atoms with van der Waals surface area (Å²) in [6, 6.07) is 81.2. The van der Waals surface area contributed by atoms with Crippen LogP contribution in [0.1, 0.15) is 0 Å². The molecule has 9 aromatic carbocycles. The van der Waals surface area contributed by atoms with Crippen LogP contribution in [0.5, 0.6) is 0 Å². The third-order valence-electron chi connectivity index (χ3n) is 12.2. The van der Waals surface area contributed by atoms with Crippen molar-refractivity contribution >= 4 is 32.7 Å². The number of hydrogen-bond acceptors (Lipinski definition) is 3. The van der Waals surface area contributed by atoms with Crippen molar-refractivity contribution in [1.82, 2.24) is 24.1 Å². The van der Waals surface area contributed by atoms with Crippen molar-refractivity contribution in [2.45, 2.75) is 0 Å². The topological polar surface area (TPSA) is 48.5 Å². The average Bonchev–Trinajstić information content (AvgIpc) is 3.97. The summed E-state index contributed by atoms with van der Waals surface area (Å²) in [6.07, 6.45) is 2.19. The molecular weight excluding hydrogens is 779 g/mol. The third kappa shape index (κ3) is 6.64. The Kier molecular flexibility index (Phi) is 9.08. The molecule has 3 heterocycles. The minimum Gasteiger partial charge on any atom is -0.316 e. The molecule has 0 aliphatic heterocycles. The summed E-state index contributed by atoms with van der Waals surface area (Å²) in [5, 5.41) is 3.57. The zero-order chi connectivity index (χ0) is 42.4. The molecule has 300 valence electrons. The second-order valence-electron chi connectivity index (χ2n) is 16.1. The van der Waals surface area contributed by atoms with E-state index >= 15 is 0 Å². The Balaban J connectivity index is 1.02. The zero-order valence-corrected chi connectivity index (χ0v) is 34.8. The van der Waals surface area contributed by atoms with E-state index in [0.29, 0.717) is 17.5 Å². The highest BCUT2D eigenvalue weighted by atomic mass is 15.0. The number of hydrogen-bond donors (Lipinski definition) is 0. The van der Waals surface area contributed by atoms with Crippen molar-refractivity contribution in [1.29, 1.82) is 0 Å². The highest BCUT2D eigenvalue weighted by Crippen LogP contribution is 2.39. The number of nitrogens with zero attached hydrogens (tertiary/aromatic N) is 5. The van der Waals surface area contributed by atoms with Crippen LogP contribution < -0.4 is 0 Å². The first-order chi connectivity index (χ1) is 31.7. The summed E-state index contributed by atoms with van der Waals surface area (Å²) in [5.41, 5.74) is 15.2. The minimum absolute atomic E-state index is 0.604. The van der Waals surface area contributed by atoms with E-state index in [4.69, 9.17) is 15.0 Å². The van der Waals surface area contributed by atoms with Crippen LogP contribution in [0.4, 0.5) is 0 Å². The summed E-state index contributed by atoms with van der Waals surface area (Å²) in [7, 11) is 0. The Hall–Kier alpha value is -8.67. The molecule has 0 bridgehead atoms. The lowest BCUT2D eigenvalue weighted by Gasteiger charge is -2.13. The van der Waals surface area contributed by atoms with Gasteiger partial charge in [-0.2, -0.15) is 0 Å². The molecule has 0 saturated heterocycles. The van der Waals surface area contributed by atoms with E-state index in [1.807, 2.05) is 12.1 Å². The molecule has 0 atom stereocenters. The summed E-state index contributed by atoms with van der Waals surface area (Å²) in [6.45, 7) is 0. The van der Waals surface area contributed by atoms with Gasteiger partial charge in [0.2, 0.25) is 0 Å². The lowest BCUT2D eigenvalue weighted by atomic mass is 10.0. The zero-order valence-electron chi connectivity index (χ0n) is 34.8. The van der Waals surface area contributed by atoms with Crippen LogP contribution in [0, 0.1) is 0 Å². The number of rotatable bonds is 8. The fourth-order valence-corrected chi connectivity index (χ4v) is 9.12.